The maximum Gasteiger partial charge on any atom is 0.239 e. The van der Waals surface area contributed by atoms with E-state index in [1.165, 1.54) is 0 Å². The maximum absolute atomic E-state index is 12.1. The molecule has 0 bridgehead atoms. The Balaban J connectivity index is 2.66. The Hall–Kier alpha value is -1.67. The van der Waals surface area contributed by atoms with Gasteiger partial charge in [0, 0.05) is 16.6 Å². The number of hydrogen-bond acceptors (Lipinski definition) is 3. The zero-order valence-electron chi connectivity index (χ0n) is 12.1. The zero-order valence-corrected chi connectivity index (χ0v) is 12.9. The molecule has 1 N–H and O–H groups in total. The van der Waals surface area contributed by atoms with E-state index < -0.39 is 16.0 Å². The quantitative estimate of drug-likeness (QED) is 0.876. The first-order valence-electron chi connectivity index (χ1n) is 6.63. The average Bonchev–Trinajstić information content (AvgIpc) is 2.44. The van der Waals surface area contributed by atoms with Gasteiger partial charge in [0.05, 0.1) is 11.3 Å². The van der Waals surface area contributed by atoms with Crippen LogP contribution in [0.1, 0.15) is 32.8 Å². The summed E-state index contributed by atoms with van der Waals surface area (Å²) in [6.45, 7) is 5.77. The van der Waals surface area contributed by atoms with E-state index in [-0.39, 0.29) is 5.91 Å². The van der Waals surface area contributed by atoms with Crippen LogP contribution in [0.4, 0.5) is 5.69 Å². The number of amides is 1. The van der Waals surface area contributed by atoms with Gasteiger partial charge in [-0.25, -0.2) is 0 Å². The number of carbonyl (C=O) groups is 1. The highest BCUT2D eigenvalue weighted by Gasteiger charge is 2.20. The van der Waals surface area contributed by atoms with Crippen LogP contribution in [0.2, 0.25) is 0 Å². The van der Waals surface area contributed by atoms with Gasteiger partial charge in [0.1, 0.15) is 11.3 Å². The lowest BCUT2D eigenvalue weighted by Gasteiger charge is -2.13. The van der Waals surface area contributed by atoms with E-state index in [1.54, 1.807) is 31.2 Å². The molecule has 0 saturated carbocycles. The Morgan fingerprint density at radius 2 is 2.00 bits per heavy atom. The molecule has 108 valence electrons. The highest BCUT2D eigenvalue weighted by atomic mass is 32.2. The number of benzene rings is 1. The molecule has 4 nitrogen and oxygen atoms in total. The van der Waals surface area contributed by atoms with Gasteiger partial charge in [-0.05, 0) is 31.4 Å². The first-order valence-corrected chi connectivity index (χ1v) is 8.01. The third kappa shape index (κ3) is 4.78. The fraction of sp³-hybridized carbons (Fsp3) is 0.467. The molecule has 2 unspecified atom stereocenters. The third-order valence-electron chi connectivity index (χ3n) is 2.97. The molecule has 1 aromatic carbocycles. The molecule has 0 aliphatic heterocycles. The maximum atomic E-state index is 12.1. The molecule has 2 atom stereocenters. The summed E-state index contributed by atoms with van der Waals surface area (Å²) in [5.41, 5.74) is 0.869. The minimum absolute atomic E-state index is 0.310. The van der Waals surface area contributed by atoms with Gasteiger partial charge in [-0.15, -0.1) is 0 Å². The van der Waals surface area contributed by atoms with Gasteiger partial charge in [-0.2, -0.15) is 5.26 Å². The molecule has 0 aliphatic rings. The number of hydrogen-bond donors (Lipinski definition) is 1. The van der Waals surface area contributed by atoms with Crippen molar-refractivity contribution in [3.8, 4) is 6.07 Å². The van der Waals surface area contributed by atoms with Crippen molar-refractivity contribution in [1.82, 2.24) is 0 Å². The van der Waals surface area contributed by atoms with Crippen molar-refractivity contribution in [3.63, 3.8) is 0 Å². The fourth-order valence-electron chi connectivity index (χ4n) is 1.57. The Labute approximate surface area is 122 Å². The van der Waals surface area contributed by atoms with E-state index in [4.69, 9.17) is 5.26 Å². The van der Waals surface area contributed by atoms with Crippen LogP contribution in [0.5, 0.6) is 0 Å². The molecule has 0 aliphatic carbocycles. The van der Waals surface area contributed by atoms with Crippen LogP contribution < -0.4 is 5.32 Å². The SMILES string of the molecule is CC(C)CCS(=O)C(C)C(=O)Nc1ccccc1C#N. The summed E-state index contributed by atoms with van der Waals surface area (Å²) in [5, 5.41) is 11.1. The van der Waals surface area contributed by atoms with Crippen LogP contribution in [-0.2, 0) is 15.6 Å². The number of nitrogens with zero attached hydrogens (tertiary/aromatic N) is 1. The van der Waals surface area contributed by atoms with Gasteiger partial charge < -0.3 is 5.32 Å². The van der Waals surface area contributed by atoms with E-state index >= 15 is 0 Å². The lowest BCUT2D eigenvalue weighted by molar-refractivity contribution is -0.115. The van der Waals surface area contributed by atoms with Crippen molar-refractivity contribution >= 4 is 22.4 Å². The second-order valence-corrected chi connectivity index (χ2v) is 6.93. The predicted molar refractivity (Wildman–Crippen MR) is 81.7 cm³/mol. The van der Waals surface area contributed by atoms with Crippen molar-refractivity contribution in [2.24, 2.45) is 5.92 Å². The molecule has 20 heavy (non-hydrogen) atoms. The summed E-state index contributed by atoms with van der Waals surface area (Å²) in [6.07, 6.45) is 0.832. The van der Waals surface area contributed by atoms with Crippen LogP contribution in [0.25, 0.3) is 0 Å². The molecular weight excluding hydrogens is 272 g/mol. The molecule has 0 fully saturated rings. The molecule has 0 radical (unpaired) electrons. The fourth-order valence-corrected chi connectivity index (χ4v) is 2.93. The van der Waals surface area contributed by atoms with Crippen LogP contribution in [-0.4, -0.2) is 21.1 Å². The second kappa shape index (κ2) is 7.81. The lowest BCUT2D eigenvalue weighted by Crippen LogP contribution is -2.30. The van der Waals surface area contributed by atoms with Gasteiger partial charge in [0.15, 0.2) is 0 Å². The highest BCUT2D eigenvalue weighted by molar-refractivity contribution is 7.86. The Kier molecular flexibility index (Phi) is 6.40. The van der Waals surface area contributed by atoms with Crippen LogP contribution in [0.15, 0.2) is 24.3 Å². The normalized spacial score (nSPS) is 13.6. The third-order valence-corrected chi connectivity index (χ3v) is 4.61. The summed E-state index contributed by atoms with van der Waals surface area (Å²) < 4.78 is 12.0. The molecule has 0 spiro atoms. The van der Waals surface area contributed by atoms with Gasteiger partial charge in [0.25, 0.3) is 0 Å². The number of carbonyl (C=O) groups excluding carboxylic acids is 1. The summed E-state index contributed by atoms with van der Waals surface area (Å²) in [7, 11) is -1.19. The Morgan fingerprint density at radius 1 is 1.35 bits per heavy atom. The monoisotopic (exact) mass is 292 g/mol. The predicted octanol–water partition coefficient (Wildman–Crippen LogP) is 2.68. The van der Waals surface area contributed by atoms with Crippen LogP contribution in [0.3, 0.4) is 0 Å². The topological polar surface area (TPSA) is 70.0 Å². The first-order chi connectivity index (χ1) is 9.45. The number of nitriles is 1. The zero-order chi connectivity index (χ0) is 15.1. The molecule has 0 heterocycles. The van der Waals surface area contributed by atoms with Crippen molar-refractivity contribution < 1.29 is 9.00 Å². The summed E-state index contributed by atoms with van der Waals surface area (Å²) in [5.74, 6) is 0.676. The largest absolute Gasteiger partial charge is 0.324 e. The van der Waals surface area contributed by atoms with E-state index in [0.29, 0.717) is 22.9 Å². The van der Waals surface area contributed by atoms with E-state index in [0.717, 1.165) is 6.42 Å². The standard InChI is InChI=1S/C15H20N2O2S/c1-11(2)8-9-20(19)12(3)15(18)17-14-7-5-4-6-13(14)10-16/h4-7,11-12H,8-9H2,1-3H3,(H,17,18). The first kappa shape index (κ1) is 16.4. The van der Waals surface area contributed by atoms with E-state index in [2.05, 4.69) is 19.2 Å². The molecule has 0 saturated heterocycles. The van der Waals surface area contributed by atoms with Gasteiger partial charge in [0.2, 0.25) is 5.91 Å². The Morgan fingerprint density at radius 3 is 2.60 bits per heavy atom. The van der Waals surface area contributed by atoms with Crippen molar-refractivity contribution in [3.05, 3.63) is 29.8 Å². The van der Waals surface area contributed by atoms with Gasteiger partial charge >= 0.3 is 0 Å². The van der Waals surface area contributed by atoms with Crippen molar-refractivity contribution in [2.45, 2.75) is 32.4 Å². The van der Waals surface area contributed by atoms with E-state index in [9.17, 15) is 9.00 Å². The minimum Gasteiger partial charge on any atom is -0.324 e. The van der Waals surface area contributed by atoms with Gasteiger partial charge in [-0.1, -0.05) is 26.0 Å². The summed E-state index contributed by atoms with van der Waals surface area (Å²) in [6, 6.07) is 8.80. The molecule has 1 amide bonds. The van der Waals surface area contributed by atoms with Crippen molar-refractivity contribution in [1.29, 1.82) is 5.26 Å². The van der Waals surface area contributed by atoms with Crippen molar-refractivity contribution in [2.75, 3.05) is 11.1 Å². The molecule has 0 aromatic heterocycles. The minimum atomic E-state index is -1.19. The Bertz CT molecular complexity index is 535. The number of rotatable bonds is 6. The van der Waals surface area contributed by atoms with Crippen LogP contribution in [0, 0.1) is 17.2 Å². The van der Waals surface area contributed by atoms with E-state index in [1.807, 2.05) is 6.07 Å². The molecule has 1 aromatic rings. The average molecular weight is 292 g/mol. The smallest absolute Gasteiger partial charge is 0.239 e. The van der Waals surface area contributed by atoms with Gasteiger partial charge in [-0.3, -0.25) is 9.00 Å². The molecule has 1 rings (SSSR count). The highest BCUT2D eigenvalue weighted by Crippen LogP contribution is 2.15. The summed E-state index contributed by atoms with van der Waals surface area (Å²) >= 11 is 0. The summed E-state index contributed by atoms with van der Waals surface area (Å²) in [4.78, 5) is 12.1. The number of anilines is 1. The number of nitrogens with one attached hydrogen (secondary N) is 1. The molecule has 5 heteroatoms. The molecular formula is C15H20N2O2S. The second-order valence-electron chi connectivity index (χ2n) is 5.06. The number of para-hydroxylation sites is 1. The lowest BCUT2D eigenvalue weighted by atomic mass is 10.2. The van der Waals surface area contributed by atoms with Crippen LogP contribution >= 0.6 is 0 Å².